The monoisotopic (exact) mass is 308 g/mol. The van der Waals surface area contributed by atoms with Gasteiger partial charge < -0.3 is 5.32 Å². The second-order valence-corrected chi connectivity index (χ2v) is 6.07. The number of nitriles is 2. The summed E-state index contributed by atoms with van der Waals surface area (Å²) < 4.78 is 0. The summed E-state index contributed by atoms with van der Waals surface area (Å²) in [7, 11) is 0. The fourth-order valence-corrected chi connectivity index (χ4v) is 3.35. The highest BCUT2D eigenvalue weighted by Gasteiger charge is 2.54. The van der Waals surface area contributed by atoms with Gasteiger partial charge in [0.15, 0.2) is 0 Å². The number of carbonyl (C=O) groups is 2. The van der Waals surface area contributed by atoms with E-state index < -0.39 is 17.5 Å². The molecular formula is C17H16N4O2. The van der Waals surface area contributed by atoms with Gasteiger partial charge in [0, 0.05) is 25.8 Å². The molecule has 1 spiro atoms. The molecule has 1 aromatic carbocycles. The Morgan fingerprint density at radius 1 is 1.22 bits per heavy atom. The lowest BCUT2D eigenvalue weighted by Crippen LogP contribution is -2.48. The molecule has 0 aromatic heterocycles. The summed E-state index contributed by atoms with van der Waals surface area (Å²) in [5, 5.41) is 20.6. The number of amides is 3. The van der Waals surface area contributed by atoms with Gasteiger partial charge in [-0.15, -0.1) is 0 Å². The zero-order valence-corrected chi connectivity index (χ0v) is 12.6. The van der Waals surface area contributed by atoms with Crippen LogP contribution in [0.2, 0.25) is 0 Å². The van der Waals surface area contributed by atoms with Crippen LogP contribution >= 0.6 is 0 Å². The van der Waals surface area contributed by atoms with E-state index in [1.54, 1.807) is 0 Å². The van der Waals surface area contributed by atoms with Gasteiger partial charge in [-0.05, 0) is 17.5 Å². The van der Waals surface area contributed by atoms with Crippen molar-refractivity contribution < 1.29 is 9.59 Å². The number of imide groups is 1. The smallest absolute Gasteiger partial charge is 0.322 e. The maximum atomic E-state index is 12.8. The van der Waals surface area contributed by atoms with Gasteiger partial charge in [-0.1, -0.05) is 24.3 Å². The zero-order chi connectivity index (χ0) is 16.4. The largest absolute Gasteiger partial charge is 0.325 e. The van der Waals surface area contributed by atoms with Gasteiger partial charge in [0.2, 0.25) is 0 Å². The van der Waals surface area contributed by atoms with Crippen LogP contribution in [0.25, 0.3) is 0 Å². The molecule has 1 saturated heterocycles. The molecule has 0 bridgehead atoms. The molecule has 0 saturated carbocycles. The number of urea groups is 1. The van der Waals surface area contributed by atoms with Crippen molar-refractivity contribution in [3.05, 3.63) is 35.4 Å². The number of fused-ring (bicyclic) bond motifs is 1. The summed E-state index contributed by atoms with van der Waals surface area (Å²) in [6, 6.07) is 11.4. The number of hydrogen-bond acceptors (Lipinski definition) is 4. The van der Waals surface area contributed by atoms with Crippen LogP contribution in [0.15, 0.2) is 24.3 Å². The predicted octanol–water partition coefficient (Wildman–Crippen LogP) is 1.52. The molecule has 0 unspecified atom stereocenters. The van der Waals surface area contributed by atoms with E-state index in [2.05, 4.69) is 11.4 Å². The molecule has 1 aromatic rings. The van der Waals surface area contributed by atoms with Crippen LogP contribution in [0.1, 0.15) is 24.0 Å². The van der Waals surface area contributed by atoms with Crippen molar-refractivity contribution in [2.45, 2.75) is 31.2 Å². The Labute approximate surface area is 134 Å². The van der Waals surface area contributed by atoms with Crippen LogP contribution in [0, 0.1) is 28.6 Å². The number of nitrogens with zero attached hydrogens (tertiary/aromatic N) is 3. The highest BCUT2D eigenvalue weighted by molar-refractivity contribution is 6.07. The normalized spacial score (nSPS) is 19.1. The third kappa shape index (κ3) is 2.53. The summed E-state index contributed by atoms with van der Waals surface area (Å²) >= 11 is 0. The van der Waals surface area contributed by atoms with Gasteiger partial charge in [-0.2, -0.15) is 10.5 Å². The second kappa shape index (κ2) is 5.73. The lowest BCUT2D eigenvalue weighted by Gasteiger charge is -2.21. The number of rotatable bonds is 4. The molecule has 23 heavy (non-hydrogen) atoms. The highest BCUT2D eigenvalue weighted by atomic mass is 16.2. The Balaban J connectivity index is 1.77. The lowest BCUT2D eigenvalue weighted by atomic mass is 9.95. The molecule has 1 heterocycles. The van der Waals surface area contributed by atoms with Crippen LogP contribution in [-0.4, -0.2) is 28.9 Å². The fraction of sp³-hybridized carbons (Fsp3) is 0.412. The first-order valence-electron chi connectivity index (χ1n) is 7.57. The van der Waals surface area contributed by atoms with E-state index in [1.165, 1.54) is 0 Å². The van der Waals surface area contributed by atoms with E-state index in [0.717, 1.165) is 16.0 Å². The fourth-order valence-electron chi connectivity index (χ4n) is 3.35. The Morgan fingerprint density at radius 2 is 1.87 bits per heavy atom. The summed E-state index contributed by atoms with van der Waals surface area (Å²) in [5.41, 5.74) is 1.24. The first-order chi connectivity index (χ1) is 11.1. The van der Waals surface area contributed by atoms with Gasteiger partial charge in [0.05, 0.1) is 18.1 Å². The van der Waals surface area contributed by atoms with Crippen molar-refractivity contribution >= 4 is 11.9 Å². The minimum absolute atomic E-state index is 0.0426. The standard InChI is InChI=1S/C17H16N4O2/c18-7-3-4-12(10-19)11-21-15(22)17(20-16(21)23)8-13-5-1-2-6-14(13)9-17/h1-2,5-6,12H,3-4,8-9,11H2,(H,20,23)/t12-/m0/s1. The third-order valence-corrected chi connectivity index (χ3v) is 4.54. The predicted molar refractivity (Wildman–Crippen MR) is 80.8 cm³/mol. The van der Waals surface area contributed by atoms with E-state index in [0.29, 0.717) is 19.3 Å². The van der Waals surface area contributed by atoms with Gasteiger partial charge in [-0.3, -0.25) is 9.69 Å². The molecule has 6 nitrogen and oxygen atoms in total. The number of benzene rings is 1. The minimum Gasteiger partial charge on any atom is -0.322 e. The highest BCUT2D eigenvalue weighted by Crippen LogP contribution is 2.35. The Kier molecular flexibility index (Phi) is 3.75. The summed E-state index contributed by atoms with van der Waals surface area (Å²) in [6.45, 7) is 0.0426. The number of hydrogen-bond donors (Lipinski definition) is 1. The van der Waals surface area contributed by atoms with Crippen molar-refractivity contribution in [1.29, 1.82) is 10.5 Å². The lowest BCUT2D eigenvalue weighted by molar-refractivity contribution is -0.131. The van der Waals surface area contributed by atoms with Gasteiger partial charge >= 0.3 is 6.03 Å². The third-order valence-electron chi connectivity index (χ3n) is 4.54. The van der Waals surface area contributed by atoms with Crippen molar-refractivity contribution in [2.75, 3.05) is 6.54 Å². The van der Waals surface area contributed by atoms with Gasteiger partial charge in [0.1, 0.15) is 5.54 Å². The second-order valence-electron chi connectivity index (χ2n) is 6.07. The van der Waals surface area contributed by atoms with Crippen molar-refractivity contribution in [1.82, 2.24) is 10.2 Å². The zero-order valence-electron chi connectivity index (χ0n) is 12.6. The Morgan fingerprint density at radius 3 is 2.43 bits per heavy atom. The van der Waals surface area contributed by atoms with Gasteiger partial charge in [0.25, 0.3) is 5.91 Å². The molecule has 2 aliphatic rings. The molecule has 1 N–H and O–H groups in total. The van der Waals surface area contributed by atoms with Crippen LogP contribution in [0.5, 0.6) is 0 Å². The topological polar surface area (TPSA) is 97.0 Å². The van der Waals surface area contributed by atoms with E-state index >= 15 is 0 Å². The van der Waals surface area contributed by atoms with Crippen LogP contribution in [-0.2, 0) is 17.6 Å². The molecule has 6 heteroatoms. The molecule has 3 amide bonds. The van der Waals surface area contributed by atoms with Crippen LogP contribution in [0.3, 0.4) is 0 Å². The van der Waals surface area contributed by atoms with Crippen molar-refractivity contribution in [2.24, 2.45) is 5.92 Å². The minimum atomic E-state index is -0.907. The number of carbonyl (C=O) groups excluding carboxylic acids is 2. The average Bonchev–Trinajstić information content (AvgIpc) is 3.02. The summed E-state index contributed by atoms with van der Waals surface area (Å²) in [6.07, 6.45) is 1.56. The first-order valence-corrected chi connectivity index (χ1v) is 7.57. The molecule has 1 atom stereocenters. The van der Waals surface area contributed by atoms with Crippen molar-refractivity contribution in [3.8, 4) is 12.1 Å². The molecule has 1 aliphatic carbocycles. The first kappa shape index (κ1) is 15.1. The van der Waals surface area contributed by atoms with E-state index in [9.17, 15) is 9.59 Å². The Bertz CT molecular complexity index is 719. The SMILES string of the molecule is N#CCC[C@@H](C#N)CN1C(=O)NC2(Cc3ccccc3C2)C1=O. The van der Waals surface area contributed by atoms with Gasteiger partial charge in [-0.25, -0.2) is 4.79 Å². The Hall–Kier alpha value is -2.86. The average molecular weight is 308 g/mol. The molecule has 1 aliphatic heterocycles. The molecular weight excluding hydrogens is 292 g/mol. The molecule has 116 valence electrons. The van der Waals surface area contributed by atoms with Crippen LogP contribution in [0.4, 0.5) is 4.79 Å². The molecule has 0 radical (unpaired) electrons. The number of nitrogens with one attached hydrogen (secondary N) is 1. The van der Waals surface area contributed by atoms with E-state index in [-0.39, 0.29) is 18.9 Å². The summed E-state index contributed by atoms with van der Waals surface area (Å²) in [5.74, 6) is -0.779. The molecule has 1 fully saturated rings. The molecule has 3 rings (SSSR count). The van der Waals surface area contributed by atoms with Crippen LogP contribution < -0.4 is 5.32 Å². The maximum absolute atomic E-state index is 12.8. The summed E-state index contributed by atoms with van der Waals surface area (Å²) in [4.78, 5) is 26.2. The quantitative estimate of drug-likeness (QED) is 0.853. The van der Waals surface area contributed by atoms with E-state index in [4.69, 9.17) is 10.5 Å². The maximum Gasteiger partial charge on any atom is 0.325 e. The van der Waals surface area contributed by atoms with Crippen molar-refractivity contribution in [3.63, 3.8) is 0 Å². The van der Waals surface area contributed by atoms with E-state index in [1.807, 2.05) is 30.3 Å².